The Morgan fingerprint density at radius 1 is 1.17 bits per heavy atom. The first-order valence-corrected chi connectivity index (χ1v) is 7.99. The maximum absolute atomic E-state index is 5.37. The van der Waals surface area contributed by atoms with Gasteiger partial charge >= 0.3 is 0 Å². The van der Waals surface area contributed by atoms with Gasteiger partial charge in [-0.05, 0) is 11.6 Å². The van der Waals surface area contributed by atoms with E-state index in [1.54, 1.807) is 7.11 Å². The van der Waals surface area contributed by atoms with Gasteiger partial charge in [0, 0.05) is 38.7 Å². The standard InChI is InChI=1S/C16H19N7O/c1-24-14-10-12(18-16(19-14)23-7-5-17-6-8-23)9-11-3-2-4-13-15(11)21-22-20-13/h2-4,10,17H,5-9H2,1H3,(H,20,21,22). The van der Waals surface area contributed by atoms with Crippen molar-refractivity contribution in [1.82, 2.24) is 30.7 Å². The summed E-state index contributed by atoms with van der Waals surface area (Å²) in [5.74, 6) is 1.30. The number of H-pyrrole nitrogens is 1. The summed E-state index contributed by atoms with van der Waals surface area (Å²) >= 11 is 0. The molecule has 3 aromatic rings. The fraction of sp³-hybridized carbons (Fsp3) is 0.375. The van der Waals surface area contributed by atoms with E-state index in [2.05, 4.69) is 30.6 Å². The van der Waals surface area contributed by atoms with E-state index in [-0.39, 0.29) is 0 Å². The highest BCUT2D eigenvalue weighted by Crippen LogP contribution is 2.21. The Morgan fingerprint density at radius 2 is 2.04 bits per heavy atom. The Bertz CT molecular complexity index is 841. The van der Waals surface area contributed by atoms with Crippen LogP contribution in [0, 0.1) is 0 Å². The monoisotopic (exact) mass is 325 g/mol. The first-order valence-electron chi connectivity index (χ1n) is 7.99. The van der Waals surface area contributed by atoms with E-state index in [1.807, 2.05) is 24.3 Å². The van der Waals surface area contributed by atoms with Crippen LogP contribution in [-0.2, 0) is 6.42 Å². The van der Waals surface area contributed by atoms with E-state index in [1.165, 1.54) is 0 Å². The third-order valence-corrected chi connectivity index (χ3v) is 4.15. The van der Waals surface area contributed by atoms with Gasteiger partial charge in [-0.2, -0.15) is 20.4 Å². The number of ether oxygens (including phenoxy) is 1. The number of rotatable bonds is 4. The van der Waals surface area contributed by atoms with Crippen molar-refractivity contribution in [2.24, 2.45) is 0 Å². The average Bonchev–Trinajstić information content (AvgIpc) is 3.12. The van der Waals surface area contributed by atoms with Crippen molar-refractivity contribution in [3.05, 3.63) is 35.5 Å². The number of nitrogens with zero attached hydrogens (tertiary/aromatic N) is 5. The number of fused-ring (bicyclic) bond motifs is 1. The van der Waals surface area contributed by atoms with Crippen LogP contribution < -0.4 is 15.0 Å². The number of hydrogen-bond acceptors (Lipinski definition) is 7. The van der Waals surface area contributed by atoms with E-state index >= 15 is 0 Å². The van der Waals surface area contributed by atoms with Crippen LogP contribution in [0.5, 0.6) is 5.88 Å². The second-order valence-electron chi connectivity index (χ2n) is 5.72. The third kappa shape index (κ3) is 2.88. The van der Waals surface area contributed by atoms with Crippen LogP contribution in [0.4, 0.5) is 5.95 Å². The van der Waals surface area contributed by atoms with E-state index in [0.29, 0.717) is 12.3 Å². The SMILES string of the molecule is COc1cc(Cc2cccc3n[nH]nc23)nc(N2CCNCC2)n1. The maximum Gasteiger partial charge on any atom is 0.228 e. The molecule has 1 aromatic carbocycles. The number of piperazine rings is 1. The van der Waals surface area contributed by atoms with Crippen LogP contribution in [-0.4, -0.2) is 58.7 Å². The number of aromatic amines is 1. The largest absolute Gasteiger partial charge is 0.481 e. The highest BCUT2D eigenvalue weighted by Gasteiger charge is 2.16. The molecule has 4 rings (SSSR count). The molecule has 0 amide bonds. The van der Waals surface area contributed by atoms with Gasteiger partial charge in [0.1, 0.15) is 11.0 Å². The quantitative estimate of drug-likeness (QED) is 0.731. The summed E-state index contributed by atoms with van der Waals surface area (Å²) < 4.78 is 5.37. The predicted octanol–water partition coefficient (Wildman–Crippen LogP) is 0.757. The smallest absolute Gasteiger partial charge is 0.228 e. The summed E-state index contributed by atoms with van der Waals surface area (Å²) in [7, 11) is 1.63. The van der Waals surface area contributed by atoms with Gasteiger partial charge in [0.05, 0.1) is 12.8 Å². The topological polar surface area (TPSA) is 91.8 Å². The van der Waals surface area contributed by atoms with Crippen molar-refractivity contribution in [1.29, 1.82) is 0 Å². The van der Waals surface area contributed by atoms with E-state index in [4.69, 9.17) is 9.72 Å². The number of hydrogen-bond donors (Lipinski definition) is 2. The molecule has 1 saturated heterocycles. The summed E-state index contributed by atoms with van der Waals surface area (Å²) in [4.78, 5) is 11.4. The molecule has 0 bridgehead atoms. The molecule has 1 fully saturated rings. The van der Waals surface area contributed by atoms with Gasteiger partial charge in [0.2, 0.25) is 11.8 Å². The van der Waals surface area contributed by atoms with E-state index in [0.717, 1.165) is 54.4 Å². The first-order chi connectivity index (χ1) is 11.8. The number of benzene rings is 1. The lowest BCUT2D eigenvalue weighted by atomic mass is 10.1. The van der Waals surface area contributed by atoms with Gasteiger partial charge < -0.3 is 15.0 Å². The molecule has 0 spiro atoms. The number of aromatic nitrogens is 5. The van der Waals surface area contributed by atoms with Crippen molar-refractivity contribution in [2.75, 3.05) is 38.2 Å². The van der Waals surface area contributed by atoms with Crippen molar-refractivity contribution in [3.63, 3.8) is 0 Å². The Labute approximate surface area is 139 Å². The number of para-hydroxylation sites is 1. The minimum Gasteiger partial charge on any atom is -0.481 e. The number of methoxy groups -OCH3 is 1. The molecule has 0 radical (unpaired) electrons. The van der Waals surface area contributed by atoms with Gasteiger partial charge in [-0.25, -0.2) is 4.98 Å². The molecule has 0 saturated carbocycles. The van der Waals surface area contributed by atoms with Gasteiger partial charge in [-0.15, -0.1) is 0 Å². The van der Waals surface area contributed by atoms with Gasteiger partial charge in [-0.1, -0.05) is 12.1 Å². The lowest BCUT2D eigenvalue weighted by Crippen LogP contribution is -2.44. The zero-order valence-electron chi connectivity index (χ0n) is 13.5. The summed E-state index contributed by atoms with van der Waals surface area (Å²) in [5, 5.41) is 14.4. The third-order valence-electron chi connectivity index (χ3n) is 4.15. The van der Waals surface area contributed by atoms with Crippen LogP contribution in [0.15, 0.2) is 24.3 Å². The summed E-state index contributed by atoms with van der Waals surface area (Å²) in [6, 6.07) is 7.85. The van der Waals surface area contributed by atoms with Gasteiger partial charge in [0.15, 0.2) is 0 Å². The second kappa shape index (κ2) is 6.40. The van der Waals surface area contributed by atoms with Gasteiger partial charge in [0.25, 0.3) is 0 Å². The van der Waals surface area contributed by atoms with Crippen LogP contribution in [0.2, 0.25) is 0 Å². The molecular formula is C16H19N7O. The number of anilines is 1. The molecule has 8 heteroatoms. The molecule has 1 aliphatic rings. The zero-order valence-corrected chi connectivity index (χ0v) is 13.5. The molecule has 0 aliphatic carbocycles. The van der Waals surface area contributed by atoms with Crippen LogP contribution in [0.25, 0.3) is 11.0 Å². The molecule has 2 aromatic heterocycles. The minimum absolute atomic E-state index is 0.584. The summed E-state index contributed by atoms with van der Waals surface area (Å²) in [6.45, 7) is 3.67. The molecule has 2 N–H and O–H groups in total. The highest BCUT2D eigenvalue weighted by atomic mass is 16.5. The fourth-order valence-electron chi connectivity index (χ4n) is 2.92. The number of nitrogens with one attached hydrogen (secondary N) is 2. The first kappa shape index (κ1) is 14.8. The van der Waals surface area contributed by atoms with Crippen molar-refractivity contribution in [2.45, 2.75) is 6.42 Å². The molecule has 0 unspecified atom stereocenters. The van der Waals surface area contributed by atoms with Crippen LogP contribution in [0.3, 0.4) is 0 Å². The minimum atomic E-state index is 0.584. The lowest BCUT2D eigenvalue weighted by molar-refractivity contribution is 0.395. The Balaban J connectivity index is 1.68. The van der Waals surface area contributed by atoms with E-state index in [9.17, 15) is 0 Å². The summed E-state index contributed by atoms with van der Waals surface area (Å²) in [6.07, 6.45) is 0.655. The van der Waals surface area contributed by atoms with Crippen LogP contribution in [0.1, 0.15) is 11.3 Å². The Morgan fingerprint density at radius 3 is 2.88 bits per heavy atom. The van der Waals surface area contributed by atoms with Gasteiger partial charge in [-0.3, -0.25) is 0 Å². The predicted molar refractivity (Wildman–Crippen MR) is 90.4 cm³/mol. The summed E-state index contributed by atoms with van der Waals surface area (Å²) in [5.41, 5.74) is 3.72. The Hall–Kier alpha value is -2.74. The fourth-order valence-corrected chi connectivity index (χ4v) is 2.92. The van der Waals surface area contributed by atoms with Crippen molar-refractivity contribution in [3.8, 4) is 5.88 Å². The maximum atomic E-state index is 5.37. The van der Waals surface area contributed by atoms with E-state index < -0.39 is 0 Å². The average molecular weight is 325 g/mol. The zero-order chi connectivity index (χ0) is 16.4. The normalized spacial score (nSPS) is 15.0. The van der Waals surface area contributed by atoms with Crippen LogP contribution >= 0.6 is 0 Å². The molecule has 8 nitrogen and oxygen atoms in total. The second-order valence-corrected chi connectivity index (χ2v) is 5.72. The molecule has 124 valence electrons. The molecule has 0 atom stereocenters. The molecule has 1 aliphatic heterocycles. The lowest BCUT2D eigenvalue weighted by Gasteiger charge is -2.27. The van der Waals surface area contributed by atoms with Crippen molar-refractivity contribution >= 4 is 17.0 Å². The molecular weight excluding hydrogens is 306 g/mol. The highest BCUT2D eigenvalue weighted by molar-refractivity contribution is 5.77. The molecule has 24 heavy (non-hydrogen) atoms. The van der Waals surface area contributed by atoms with Crippen molar-refractivity contribution < 1.29 is 4.74 Å². The molecule has 3 heterocycles. The Kier molecular flexibility index (Phi) is 3.96.